The molecular formula is C17H17N3O5. The fourth-order valence-corrected chi connectivity index (χ4v) is 2.40. The normalized spacial score (nSPS) is 12.3. The van der Waals surface area contributed by atoms with Crippen LogP contribution in [0, 0.1) is 5.92 Å². The molecule has 25 heavy (non-hydrogen) atoms. The Morgan fingerprint density at radius 2 is 2.00 bits per heavy atom. The van der Waals surface area contributed by atoms with Gasteiger partial charge in [0.15, 0.2) is 11.3 Å². The van der Waals surface area contributed by atoms with Gasteiger partial charge >= 0.3 is 5.76 Å². The highest BCUT2D eigenvalue weighted by molar-refractivity contribution is 6.00. The van der Waals surface area contributed by atoms with E-state index in [0.717, 1.165) is 0 Å². The fourth-order valence-electron chi connectivity index (χ4n) is 2.40. The van der Waals surface area contributed by atoms with E-state index in [1.54, 1.807) is 24.3 Å². The summed E-state index contributed by atoms with van der Waals surface area (Å²) in [4.78, 5) is 38.4. The summed E-state index contributed by atoms with van der Waals surface area (Å²) in [6.45, 7) is 3.65. The third-order valence-electron chi connectivity index (χ3n) is 3.67. The van der Waals surface area contributed by atoms with Crippen LogP contribution in [-0.2, 0) is 4.79 Å². The highest BCUT2D eigenvalue weighted by Gasteiger charge is 2.25. The lowest BCUT2D eigenvalue weighted by Gasteiger charge is -2.21. The molecule has 2 heterocycles. The SMILES string of the molecule is CC(C)C(NC(=O)c1ccco1)C(=O)Nc1ccc2oc(=O)[nH]c2c1. The first-order valence-electron chi connectivity index (χ1n) is 7.72. The molecule has 130 valence electrons. The highest BCUT2D eigenvalue weighted by atomic mass is 16.4. The van der Waals surface area contributed by atoms with Crippen molar-refractivity contribution in [2.75, 3.05) is 5.32 Å². The maximum Gasteiger partial charge on any atom is 0.417 e. The van der Waals surface area contributed by atoms with Crippen molar-refractivity contribution in [3.05, 3.63) is 52.9 Å². The number of carbonyl (C=O) groups is 2. The summed E-state index contributed by atoms with van der Waals surface area (Å²) < 4.78 is 9.95. The molecule has 0 aliphatic carbocycles. The molecule has 1 atom stereocenters. The lowest BCUT2D eigenvalue weighted by Crippen LogP contribution is -2.47. The second-order valence-corrected chi connectivity index (χ2v) is 5.89. The molecule has 8 nitrogen and oxygen atoms in total. The van der Waals surface area contributed by atoms with E-state index in [2.05, 4.69) is 15.6 Å². The van der Waals surface area contributed by atoms with E-state index < -0.39 is 17.7 Å². The van der Waals surface area contributed by atoms with Crippen molar-refractivity contribution in [1.29, 1.82) is 0 Å². The number of aromatic amines is 1. The Balaban J connectivity index is 1.75. The number of benzene rings is 1. The highest BCUT2D eigenvalue weighted by Crippen LogP contribution is 2.17. The van der Waals surface area contributed by atoms with Gasteiger partial charge in [-0.15, -0.1) is 0 Å². The number of oxazole rings is 1. The average molecular weight is 343 g/mol. The number of fused-ring (bicyclic) bond motifs is 1. The molecule has 0 bridgehead atoms. The van der Waals surface area contributed by atoms with E-state index >= 15 is 0 Å². The number of aromatic nitrogens is 1. The minimum absolute atomic E-state index is 0.135. The summed E-state index contributed by atoms with van der Waals surface area (Å²) in [7, 11) is 0. The molecular weight excluding hydrogens is 326 g/mol. The molecule has 3 N–H and O–H groups in total. The van der Waals surface area contributed by atoms with E-state index in [1.165, 1.54) is 12.3 Å². The Kier molecular flexibility index (Phi) is 4.42. The average Bonchev–Trinajstić information content (AvgIpc) is 3.20. The van der Waals surface area contributed by atoms with Crippen LogP contribution in [0.1, 0.15) is 24.4 Å². The van der Waals surface area contributed by atoms with Crippen LogP contribution in [0.25, 0.3) is 11.1 Å². The largest absolute Gasteiger partial charge is 0.459 e. The van der Waals surface area contributed by atoms with Crippen molar-refractivity contribution in [3.63, 3.8) is 0 Å². The molecule has 0 fully saturated rings. The maximum atomic E-state index is 12.5. The number of anilines is 1. The van der Waals surface area contributed by atoms with Crippen LogP contribution in [0.4, 0.5) is 5.69 Å². The van der Waals surface area contributed by atoms with Crippen molar-refractivity contribution in [2.45, 2.75) is 19.9 Å². The van der Waals surface area contributed by atoms with Gasteiger partial charge in [0.25, 0.3) is 5.91 Å². The van der Waals surface area contributed by atoms with Crippen molar-refractivity contribution in [2.24, 2.45) is 5.92 Å². The number of hydrogen-bond acceptors (Lipinski definition) is 5. The van der Waals surface area contributed by atoms with Crippen LogP contribution in [0.2, 0.25) is 0 Å². The molecule has 2 aromatic heterocycles. The molecule has 0 saturated carbocycles. The van der Waals surface area contributed by atoms with Gasteiger partial charge < -0.3 is 19.5 Å². The maximum absolute atomic E-state index is 12.5. The zero-order chi connectivity index (χ0) is 18.0. The first-order valence-corrected chi connectivity index (χ1v) is 7.72. The Hall–Kier alpha value is -3.29. The van der Waals surface area contributed by atoms with Gasteiger partial charge in [0.2, 0.25) is 5.91 Å². The molecule has 0 aliphatic heterocycles. The molecule has 3 aromatic rings. The Morgan fingerprint density at radius 3 is 2.68 bits per heavy atom. The summed E-state index contributed by atoms with van der Waals surface area (Å²) in [5, 5.41) is 5.39. The van der Waals surface area contributed by atoms with Gasteiger partial charge in [0, 0.05) is 5.69 Å². The summed E-state index contributed by atoms with van der Waals surface area (Å²) >= 11 is 0. The Bertz CT molecular complexity index is 952. The molecule has 2 amide bonds. The van der Waals surface area contributed by atoms with Gasteiger partial charge in [0.1, 0.15) is 6.04 Å². The molecule has 0 spiro atoms. The number of amides is 2. The molecule has 0 saturated heterocycles. The third kappa shape index (κ3) is 3.63. The van der Waals surface area contributed by atoms with Gasteiger partial charge in [-0.1, -0.05) is 13.8 Å². The first kappa shape index (κ1) is 16.6. The number of hydrogen-bond donors (Lipinski definition) is 3. The Morgan fingerprint density at radius 1 is 1.20 bits per heavy atom. The number of carbonyl (C=O) groups excluding carboxylic acids is 2. The predicted octanol–water partition coefficient (Wildman–Crippen LogP) is 2.11. The molecule has 3 rings (SSSR count). The predicted molar refractivity (Wildman–Crippen MR) is 90.3 cm³/mol. The van der Waals surface area contributed by atoms with Crippen LogP contribution < -0.4 is 16.4 Å². The summed E-state index contributed by atoms with van der Waals surface area (Å²) in [6, 6.07) is 7.15. The van der Waals surface area contributed by atoms with Crippen molar-refractivity contribution in [3.8, 4) is 0 Å². The van der Waals surface area contributed by atoms with Crippen LogP contribution >= 0.6 is 0 Å². The zero-order valence-corrected chi connectivity index (χ0v) is 13.7. The number of nitrogens with one attached hydrogen (secondary N) is 3. The Labute approximate surface area is 142 Å². The summed E-state index contributed by atoms with van der Waals surface area (Å²) in [5.74, 6) is -1.41. The molecule has 1 aromatic carbocycles. The second-order valence-electron chi connectivity index (χ2n) is 5.89. The fraction of sp³-hybridized carbons (Fsp3) is 0.235. The minimum Gasteiger partial charge on any atom is -0.459 e. The monoisotopic (exact) mass is 343 g/mol. The van der Waals surface area contributed by atoms with Gasteiger partial charge in [-0.2, -0.15) is 0 Å². The topological polar surface area (TPSA) is 117 Å². The lowest BCUT2D eigenvalue weighted by atomic mass is 10.0. The van der Waals surface area contributed by atoms with Gasteiger partial charge in [0.05, 0.1) is 11.8 Å². The van der Waals surface area contributed by atoms with Crippen LogP contribution in [0.3, 0.4) is 0 Å². The number of H-pyrrole nitrogens is 1. The van der Waals surface area contributed by atoms with Crippen LogP contribution in [0.5, 0.6) is 0 Å². The quantitative estimate of drug-likeness (QED) is 0.656. The summed E-state index contributed by atoms with van der Waals surface area (Å²) in [6.07, 6.45) is 1.39. The number of furan rings is 1. The van der Waals surface area contributed by atoms with Gasteiger partial charge in [-0.05, 0) is 36.2 Å². The molecule has 0 aliphatic rings. The van der Waals surface area contributed by atoms with E-state index in [9.17, 15) is 14.4 Å². The first-order chi connectivity index (χ1) is 11.9. The van der Waals surface area contributed by atoms with Gasteiger partial charge in [-0.25, -0.2) is 4.79 Å². The third-order valence-corrected chi connectivity index (χ3v) is 3.67. The van der Waals surface area contributed by atoms with Crippen LogP contribution in [0.15, 0.2) is 50.2 Å². The van der Waals surface area contributed by atoms with Crippen molar-refractivity contribution < 1.29 is 18.4 Å². The number of rotatable bonds is 5. The standard InChI is InChI=1S/C17H17N3O5/c1-9(2)14(20-15(21)13-4-3-7-24-13)16(22)18-10-5-6-12-11(8-10)19-17(23)25-12/h3-9,14H,1-2H3,(H,18,22)(H,19,23)(H,20,21). The zero-order valence-electron chi connectivity index (χ0n) is 13.7. The lowest BCUT2D eigenvalue weighted by molar-refractivity contribution is -0.118. The van der Waals surface area contributed by atoms with E-state index in [1.807, 2.05) is 13.8 Å². The van der Waals surface area contributed by atoms with Crippen molar-refractivity contribution >= 4 is 28.6 Å². The molecule has 8 heteroatoms. The smallest absolute Gasteiger partial charge is 0.417 e. The van der Waals surface area contributed by atoms with E-state index in [0.29, 0.717) is 16.8 Å². The minimum atomic E-state index is -0.753. The van der Waals surface area contributed by atoms with E-state index in [-0.39, 0.29) is 17.6 Å². The molecule has 0 radical (unpaired) electrons. The molecule has 1 unspecified atom stereocenters. The second kappa shape index (κ2) is 6.68. The van der Waals surface area contributed by atoms with E-state index in [4.69, 9.17) is 8.83 Å². The van der Waals surface area contributed by atoms with Gasteiger partial charge in [-0.3, -0.25) is 14.6 Å². The van der Waals surface area contributed by atoms with Crippen LogP contribution in [-0.4, -0.2) is 22.8 Å². The summed E-state index contributed by atoms with van der Waals surface area (Å²) in [5.41, 5.74) is 1.35. The van der Waals surface area contributed by atoms with Crippen molar-refractivity contribution in [1.82, 2.24) is 10.3 Å².